The lowest BCUT2D eigenvalue weighted by molar-refractivity contribution is -0.150. The van der Waals surface area contributed by atoms with E-state index >= 15 is 0 Å². The van der Waals surface area contributed by atoms with E-state index in [0.29, 0.717) is 12.3 Å². The van der Waals surface area contributed by atoms with Crippen LogP contribution in [-0.4, -0.2) is 12.1 Å². The fraction of sp³-hybridized carbons (Fsp3) is 0.917. The Kier molecular flexibility index (Phi) is 4.99. The molecule has 0 aliphatic heterocycles. The minimum atomic E-state index is 0.00519. The molecule has 1 saturated carbocycles. The molecule has 1 fully saturated rings. The van der Waals surface area contributed by atoms with Crippen molar-refractivity contribution < 1.29 is 9.53 Å². The lowest BCUT2D eigenvalue weighted by Crippen LogP contribution is -2.20. The highest BCUT2D eigenvalue weighted by Gasteiger charge is 2.17. The first kappa shape index (κ1) is 11.5. The number of hydrogen-bond donors (Lipinski definition) is 0. The van der Waals surface area contributed by atoms with Crippen LogP contribution in [-0.2, 0) is 9.53 Å². The minimum absolute atomic E-state index is 0.00519. The maximum Gasteiger partial charge on any atom is 0.306 e. The Hall–Kier alpha value is -0.530. The third kappa shape index (κ3) is 4.64. The number of esters is 1. The van der Waals surface area contributed by atoms with E-state index in [1.807, 2.05) is 0 Å². The van der Waals surface area contributed by atoms with E-state index in [0.717, 1.165) is 19.3 Å². The molecule has 0 heterocycles. The van der Waals surface area contributed by atoms with Gasteiger partial charge in [-0.2, -0.15) is 0 Å². The molecule has 1 rings (SSSR count). The average Bonchev–Trinajstić information content (AvgIpc) is 2.16. The third-order valence-electron chi connectivity index (χ3n) is 2.78. The molecule has 0 aromatic rings. The topological polar surface area (TPSA) is 26.3 Å². The Morgan fingerprint density at radius 1 is 1.29 bits per heavy atom. The van der Waals surface area contributed by atoms with Gasteiger partial charge in [0, 0.05) is 6.42 Å². The van der Waals surface area contributed by atoms with Crippen LogP contribution in [0.4, 0.5) is 0 Å². The van der Waals surface area contributed by atoms with Gasteiger partial charge in [-0.25, -0.2) is 0 Å². The molecule has 0 N–H and O–H groups in total. The van der Waals surface area contributed by atoms with Gasteiger partial charge in [-0.3, -0.25) is 4.79 Å². The van der Waals surface area contributed by atoms with E-state index in [1.54, 1.807) is 0 Å². The van der Waals surface area contributed by atoms with E-state index in [2.05, 4.69) is 13.8 Å². The van der Waals surface area contributed by atoms with Gasteiger partial charge in [0.15, 0.2) is 0 Å². The van der Waals surface area contributed by atoms with Gasteiger partial charge in [0.1, 0.15) is 6.10 Å². The van der Waals surface area contributed by atoms with Gasteiger partial charge in [0.25, 0.3) is 0 Å². The first-order chi connectivity index (χ1) is 6.68. The van der Waals surface area contributed by atoms with E-state index in [1.165, 1.54) is 19.3 Å². The van der Waals surface area contributed by atoms with Gasteiger partial charge < -0.3 is 4.74 Å². The Bertz CT molecular complexity index is 169. The molecule has 0 amide bonds. The van der Waals surface area contributed by atoms with Gasteiger partial charge in [-0.1, -0.05) is 20.3 Å². The van der Waals surface area contributed by atoms with Crippen molar-refractivity contribution >= 4 is 5.97 Å². The molecular weight excluding hydrogens is 176 g/mol. The van der Waals surface area contributed by atoms with Crippen molar-refractivity contribution in [2.75, 3.05) is 0 Å². The highest BCUT2D eigenvalue weighted by Crippen LogP contribution is 2.21. The van der Waals surface area contributed by atoms with Crippen molar-refractivity contribution in [3.8, 4) is 0 Å². The van der Waals surface area contributed by atoms with Crippen molar-refractivity contribution in [2.24, 2.45) is 5.92 Å². The fourth-order valence-corrected chi connectivity index (χ4v) is 1.83. The Morgan fingerprint density at radius 3 is 2.50 bits per heavy atom. The zero-order valence-corrected chi connectivity index (χ0v) is 9.42. The summed E-state index contributed by atoms with van der Waals surface area (Å²) in [6.07, 6.45) is 7.67. The molecule has 0 spiro atoms. The normalized spacial score (nSPS) is 18.5. The van der Waals surface area contributed by atoms with Crippen LogP contribution in [0.25, 0.3) is 0 Å². The molecule has 1 aliphatic carbocycles. The molecule has 0 unspecified atom stereocenters. The second-order valence-corrected chi connectivity index (χ2v) is 4.68. The second-order valence-electron chi connectivity index (χ2n) is 4.68. The summed E-state index contributed by atoms with van der Waals surface area (Å²) in [4.78, 5) is 11.4. The van der Waals surface area contributed by atoms with Gasteiger partial charge in [0.05, 0.1) is 0 Å². The summed E-state index contributed by atoms with van der Waals surface area (Å²) in [6.45, 7) is 4.27. The van der Waals surface area contributed by atoms with Crippen LogP contribution in [0.2, 0.25) is 0 Å². The molecule has 1 aliphatic rings. The number of hydrogen-bond acceptors (Lipinski definition) is 2. The van der Waals surface area contributed by atoms with Gasteiger partial charge in [-0.15, -0.1) is 0 Å². The zero-order chi connectivity index (χ0) is 10.4. The Labute approximate surface area is 87.0 Å². The van der Waals surface area contributed by atoms with Crippen molar-refractivity contribution in [3.05, 3.63) is 0 Å². The molecular formula is C12H22O2. The number of carbonyl (C=O) groups is 1. The third-order valence-corrected chi connectivity index (χ3v) is 2.78. The Morgan fingerprint density at radius 2 is 1.93 bits per heavy atom. The summed E-state index contributed by atoms with van der Waals surface area (Å²) in [5.41, 5.74) is 0. The van der Waals surface area contributed by atoms with Crippen LogP contribution < -0.4 is 0 Å². The highest BCUT2D eigenvalue weighted by molar-refractivity contribution is 5.69. The predicted molar refractivity (Wildman–Crippen MR) is 57.0 cm³/mol. The van der Waals surface area contributed by atoms with Gasteiger partial charge in [-0.05, 0) is 38.0 Å². The molecule has 0 bridgehead atoms. The molecule has 0 atom stereocenters. The molecule has 0 radical (unpaired) electrons. The Balaban J connectivity index is 2.12. The van der Waals surface area contributed by atoms with Crippen LogP contribution in [0, 0.1) is 5.92 Å². The van der Waals surface area contributed by atoms with Crippen LogP contribution in [0.1, 0.15) is 58.8 Å². The van der Waals surface area contributed by atoms with Crippen LogP contribution >= 0.6 is 0 Å². The van der Waals surface area contributed by atoms with Crippen LogP contribution in [0.15, 0.2) is 0 Å². The molecule has 82 valence electrons. The summed E-state index contributed by atoms with van der Waals surface area (Å²) in [5.74, 6) is 0.597. The lowest BCUT2D eigenvalue weighted by Gasteiger charge is -2.21. The largest absolute Gasteiger partial charge is 0.462 e. The fourth-order valence-electron chi connectivity index (χ4n) is 1.83. The number of rotatable bonds is 4. The van der Waals surface area contributed by atoms with E-state index in [9.17, 15) is 4.79 Å². The molecule has 14 heavy (non-hydrogen) atoms. The van der Waals surface area contributed by atoms with Crippen molar-refractivity contribution in [1.82, 2.24) is 0 Å². The van der Waals surface area contributed by atoms with Crippen LogP contribution in [0.5, 0.6) is 0 Å². The quantitative estimate of drug-likeness (QED) is 0.648. The number of carbonyl (C=O) groups excluding carboxylic acids is 1. The second kappa shape index (κ2) is 6.05. The first-order valence-corrected chi connectivity index (χ1v) is 5.88. The highest BCUT2D eigenvalue weighted by atomic mass is 16.5. The average molecular weight is 198 g/mol. The molecule has 2 nitrogen and oxygen atoms in total. The van der Waals surface area contributed by atoms with Crippen LogP contribution in [0.3, 0.4) is 0 Å². The predicted octanol–water partition coefficient (Wildman–Crippen LogP) is 3.30. The monoisotopic (exact) mass is 198 g/mol. The maximum atomic E-state index is 11.4. The van der Waals surface area contributed by atoms with Gasteiger partial charge >= 0.3 is 5.97 Å². The molecule has 2 heteroatoms. The minimum Gasteiger partial charge on any atom is -0.462 e. The summed E-state index contributed by atoms with van der Waals surface area (Å²) in [5, 5.41) is 0. The first-order valence-electron chi connectivity index (χ1n) is 5.88. The smallest absolute Gasteiger partial charge is 0.306 e. The van der Waals surface area contributed by atoms with E-state index < -0.39 is 0 Å². The summed E-state index contributed by atoms with van der Waals surface area (Å²) < 4.78 is 5.40. The van der Waals surface area contributed by atoms with E-state index in [4.69, 9.17) is 4.74 Å². The van der Waals surface area contributed by atoms with Gasteiger partial charge in [0.2, 0.25) is 0 Å². The maximum absolute atomic E-state index is 11.4. The number of ether oxygens (including phenoxy) is 1. The molecule has 0 saturated heterocycles. The molecule has 0 aromatic heterocycles. The summed E-state index contributed by atoms with van der Waals surface area (Å²) >= 11 is 0. The van der Waals surface area contributed by atoms with Crippen molar-refractivity contribution in [2.45, 2.75) is 64.9 Å². The SMILES string of the molecule is CC(C)CCC(=O)OC1CCCCC1. The lowest BCUT2D eigenvalue weighted by atomic mass is 9.98. The standard InChI is InChI=1S/C12H22O2/c1-10(2)8-9-12(13)14-11-6-4-3-5-7-11/h10-11H,3-9H2,1-2H3. The zero-order valence-electron chi connectivity index (χ0n) is 9.42. The molecule has 0 aromatic carbocycles. The summed E-state index contributed by atoms with van der Waals surface area (Å²) in [7, 11) is 0. The van der Waals surface area contributed by atoms with Crippen molar-refractivity contribution in [1.29, 1.82) is 0 Å². The summed E-state index contributed by atoms with van der Waals surface area (Å²) in [6, 6.07) is 0. The van der Waals surface area contributed by atoms with Crippen molar-refractivity contribution in [3.63, 3.8) is 0 Å². The van der Waals surface area contributed by atoms with E-state index in [-0.39, 0.29) is 12.1 Å².